The number of alkyl halides is 3. The lowest BCUT2D eigenvalue weighted by Crippen LogP contribution is -2.33. The zero-order valence-corrected chi connectivity index (χ0v) is 10.1. The third kappa shape index (κ3) is 4.36. The largest absolute Gasteiger partial charge is 0.405 e. The fraction of sp³-hybridized carbons (Fsp3) is 0.300. The highest BCUT2D eigenvalue weighted by atomic mass is 32.2. The van der Waals surface area contributed by atoms with Crippen LogP contribution in [0.3, 0.4) is 0 Å². The molecule has 100 valence electrons. The molecule has 1 rings (SSSR count). The van der Waals surface area contributed by atoms with Crippen LogP contribution in [-0.2, 0) is 9.84 Å². The average molecular weight is 281 g/mol. The zero-order valence-electron chi connectivity index (χ0n) is 9.28. The predicted molar refractivity (Wildman–Crippen MR) is 57.9 cm³/mol. The van der Waals surface area contributed by atoms with Gasteiger partial charge in [0.2, 0.25) is 0 Å². The van der Waals surface area contributed by atoms with Gasteiger partial charge in [0.15, 0.2) is 9.84 Å². The molecule has 0 bridgehead atoms. The number of benzene rings is 1. The fourth-order valence-corrected chi connectivity index (χ4v) is 1.82. The third-order valence-electron chi connectivity index (χ3n) is 1.97. The summed E-state index contributed by atoms with van der Waals surface area (Å²) in [5.41, 5.74) is -0.137. The maximum absolute atomic E-state index is 11.9. The topological polar surface area (TPSA) is 63.2 Å². The minimum Gasteiger partial charge on any atom is -0.343 e. The van der Waals surface area contributed by atoms with Gasteiger partial charge in [0, 0.05) is 11.8 Å². The molecule has 1 N–H and O–H groups in total. The molecule has 0 unspecified atom stereocenters. The standard InChI is InChI=1S/C10H10F3NO3S/c1-18(16,17)8-4-2-3-7(5-8)9(15)14-6-10(11,12)13/h2-5H,6H2,1H3,(H,14,15). The van der Waals surface area contributed by atoms with Crippen LogP contribution in [0.25, 0.3) is 0 Å². The Hall–Kier alpha value is -1.57. The van der Waals surface area contributed by atoms with Crippen LogP contribution in [0.1, 0.15) is 10.4 Å². The molecule has 0 saturated carbocycles. The van der Waals surface area contributed by atoms with Crippen molar-refractivity contribution in [2.24, 2.45) is 0 Å². The van der Waals surface area contributed by atoms with E-state index in [1.54, 1.807) is 5.32 Å². The first kappa shape index (κ1) is 14.5. The second-order valence-electron chi connectivity index (χ2n) is 3.60. The van der Waals surface area contributed by atoms with E-state index in [1.165, 1.54) is 18.2 Å². The molecule has 4 nitrogen and oxygen atoms in total. The Morgan fingerprint density at radius 1 is 1.33 bits per heavy atom. The summed E-state index contributed by atoms with van der Waals surface area (Å²) in [6.07, 6.45) is -3.57. The summed E-state index contributed by atoms with van der Waals surface area (Å²) in [6, 6.07) is 4.82. The first-order valence-corrected chi connectivity index (χ1v) is 6.64. The Morgan fingerprint density at radius 3 is 2.44 bits per heavy atom. The maximum Gasteiger partial charge on any atom is 0.405 e. The lowest BCUT2D eigenvalue weighted by Gasteiger charge is -2.08. The smallest absolute Gasteiger partial charge is 0.343 e. The minimum absolute atomic E-state index is 0.123. The molecule has 1 amide bonds. The molecule has 1 aromatic rings. The Balaban J connectivity index is 2.88. The van der Waals surface area contributed by atoms with Crippen molar-refractivity contribution in [3.63, 3.8) is 0 Å². The summed E-state index contributed by atoms with van der Waals surface area (Å²) >= 11 is 0. The Kier molecular flexibility index (Phi) is 4.00. The van der Waals surface area contributed by atoms with Gasteiger partial charge in [0.05, 0.1) is 4.90 Å². The van der Waals surface area contributed by atoms with Crippen molar-refractivity contribution in [2.75, 3.05) is 12.8 Å². The van der Waals surface area contributed by atoms with E-state index in [0.717, 1.165) is 12.3 Å². The highest BCUT2D eigenvalue weighted by Crippen LogP contribution is 2.14. The van der Waals surface area contributed by atoms with Gasteiger partial charge in [-0.25, -0.2) is 8.42 Å². The maximum atomic E-state index is 11.9. The molecular formula is C10H10F3NO3S. The number of carbonyl (C=O) groups is 1. The molecule has 1 aromatic carbocycles. The van der Waals surface area contributed by atoms with Crippen molar-refractivity contribution in [3.8, 4) is 0 Å². The van der Waals surface area contributed by atoms with Crippen molar-refractivity contribution in [1.29, 1.82) is 0 Å². The molecule has 0 aliphatic carbocycles. The van der Waals surface area contributed by atoms with E-state index in [1.807, 2.05) is 0 Å². The van der Waals surface area contributed by atoms with E-state index in [4.69, 9.17) is 0 Å². The Labute approximate surface area is 102 Å². The summed E-state index contributed by atoms with van der Waals surface area (Å²) in [7, 11) is -3.50. The first-order chi connectivity index (χ1) is 8.09. The number of hydrogen-bond acceptors (Lipinski definition) is 3. The van der Waals surface area contributed by atoms with Gasteiger partial charge in [-0.1, -0.05) is 6.07 Å². The second kappa shape index (κ2) is 4.97. The average Bonchev–Trinajstić information content (AvgIpc) is 2.24. The van der Waals surface area contributed by atoms with Crippen molar-refractivity contribution in [1.82, 2.24) is 5.32 Å². The van der Waals surface area contributed by atoms with Crippen LogP contribution in [0.15, 0.2) is 29.2 Å². The molecule has 0 saturated heterocycles. The van der Waals surface area contributed by atoms with Gasteiger partial charge in [-0.2, -0.15) is 13.2 Å². The molecule has 0 aliphatic heterocycles. The molecule has 0 aromatic heterocycles. The van der Waals surface area contributed by atoms with Crippen molar-refractivity contribution < 1.29 is 26.4 Å². The quantitative estimate of drug-likeness (QED) is 0.910. The molecule has 8 heteroatoms. The van der Waals surface area contributed by atoms with Crippen LogP contribution >= 0.6 is 0 Å². The Bertz CT molecular complexity index is 552. The van der Waals surface area contributed by atoms with E-state index in [9.17, 15) is 26.4 Å². The summed E-state index contributed by atoms with van der Waals surface area (Å²) in [4.78, 5) is 11.2. The number of rotatable bonds is 3. The van der Waals surface area contributed by atoms with E-state index < -0.39 is 28.5 Å². The molecular weight excluding hydrogens is 271 g/mol. The number of amides is 1. The van der Waals surface area contributed by atoms with Crippen LogP contribution in [0.2, 0.25) is 0 Å². The van der Waals surface area contributed by atoms with E-state index >= 15 is 0 Å². The van der Waals surface area contributed by atoms with Gasteiger partial charge in [-0.15, -0.1) is 0 Å². The van der Waals surface area contributed by atoms with Gasteiger partial charge >= 0.3 is 6.18 Å². The van der Waals surface area contributed by atoms with Crippen LogP contribution in [-0.4, -0.2) is 33.3 Å². The van der Waals surface area contributed by atoms with E-state index in [2.05, 4.69) is 0 Å². The summed E-state index contributed by atoms with van der Waals surface area (Å²) in [5.74, 6) is -0.974. The Morgan fingerprint density at radius 2 is 1.94 bits per heavy atom. The predicted octanol–water partition coefficient (Wildman–Crippen LogP) is 1.38. The van der Waals surface area contributed by atoms with Crippen LogP contribution in [0, 0.1) is 0 Å². The van der Waals surface area contributed by atoms with Crippen LogP contribution in [0.5, 0.6) is 0 Å². The van der Waals surface area contributed by atoms with Gasteiger partial charge < -0.3 is 5.32 Å². The number of hydrogen-bond donors (Lipinski definition) is 1. The fourth-order valence-electron chi connectivity index (χ4n) is 1.15. The van der Waals surface area contributed by atoms with Crippen molar-refractivity contribution in [2.45, 2.75) is 11.1 Å². The number of halogens is 3. The van der Waals surface area contributed by atoms with Gasteiger partial charge in [-0.3, -0.25) is 4.79 Å². The lowest BCUT2D eigenvalue weighted by atomic mass is 10.2. The SMILES string of the molecule is CS(=O)(=O)c1cccc(C(=O)NCC(F)(F)F)c1. The van der Waals surface area contributed by atoms with E-state index in [0.29, 0.717) is 0 Å². The highest BCUT2D eigenvalue weighted by molar-refractivity contribution is 7.90. The number of nitrogens with one attached hydrogen (secondary N) is 1. The van der Waals surface area contributed by atoms with Crippen molar-refractivity contribution >= 4 is 15.7 Å². The van der Waals surface area contributed by atoms with Crippen molar-refractivity contribution in [3.05, 3.63) is 29.8 Å². The molecule has 0 fully saturated rings. The molecule has 0 atom stereocenters. The monoisotopic (exact) mass is 281 g/mol. The minimum atomic E-state index is -4.51. The van der Waals surface area contributed by atoms with Gasteiger partial charge in [-0.05, 0) is 18.2 Å². The molecule has 18 heavy (non-hydrogen) atoms. The number of sulfone groups is 1. The number of carbonyl (C=O) groups excluding carboxylic acids is 1. The normalized spacial score (nSPS) is 12.2. The van der Waals surface area contributed by atoms with Crippen LogP contribution < -0.4 is 5.32 Å². The third-order valence-corrected chi connectivity index (χ3v) is 3.08. The second-order valence-corrected chi connectivity index (χ2v) is 5.61. The lowest BCUT2D eigenvalue weighted by molar-refractivity contribution is -0.123. The molecule has 0 heterocycles. The van der Waals surface area contributed by atoms with Gasteiger partial charge in [0.25, 0.3) is 5.91 Å². The molecule has 0 aliphatic rings. The summed E-state index contributed by atoms with van der Waals surface area (Å²) in [6.45, 7) is -1.46. The summed E-state index contributed by atoms with van der Waals surface area (Å²) < 4.78 is 58.1. The first-order valence-electron chi connectivity index (χ1n) is 4.75. The zero-order chi connectivity index (χ0) is 14.0. The highest BCUT2D eigenvalue weighted by Gasteiger charge is 2.28. The van der Waals surface area contributed by atoms with Gasteiger partial charge in [0.1, 0.15) is 6.54 Å². The molecule has 0 spiro atoms. The van der Waals surface area contributed by atoms with Crippen LogP contribution in [0.4, 0.5) is 13.2 Å². The molecule has 0 radical (unpaired) electrons. The summed E-state index contributed by atoms with van der Waals surface area (Å²) in [5, 5.41) is 1.66. The van der Waals surface area contributed by atoms with E-state index in [-0.39, 0.29) is 10.5 Å².